The molecule has 0 aliphatic heterocycles. The van der Waals surface area contributed by atoms with Crippen molar-refractivity contribution in [2.24, 2.45) is 0 Å². The van der Waals surface area contributed by atoms with Gasteiger partial charge >= 0.3 is 0 Å². The molecule has 0 N–H and O–H groups in total. The molecule has 0 unspecified atom stereocenters. The molecule has 128 valence electrons. The molecule has 0 aliphatic rings. The van der Waals surface area contributed by atoms with E-state index in [0.717, 1.165) is 21.4 Å². The summed E-state index contributed by atoms with van der Waals surface area (Å²) >= 11 is 3.44. The summed E-state index contributed by atoms with van der Waals surface area (Å²) in [6.07, 6.45) is 6.15. The maximum absolute atomic E-state index is 11.7. The highest BCUT2D eigenvalue weighted by atomic mass is 79.9. The van der Waals surface area contributed by atoms with Gasteiger partial charge in [-0.2, -0.15) is 0 Å². The quantitative estimate of drug-likeness (QED) is 0.627. The topological polar surface area (TPSA) is 63.2 Å². The predicted octanol–water partition coefficient (Wildman–Crippen LogP) is 3.98. The van der Waals surface area contributed by atoms with Crippen LogP contribution in [0.2, 0.25) is 0 Å². The van der Waals surface area contributed by atoms with E-state index in [9.17, 15) is 8.42 Å². The number of sulfone groups is 1. The smallest absolute Gasteiger partial charge is 0.175 e. The molecule has 1 heterocycles. The van der Waals surface area contributed by atoms with E-state index in [2.05, 4.69) is 25.9 Å². The first-order chi connectivity index (χ1) is 11.9. The fourth-order valence-corrected chi connectivity index (χ4v) is 3.30. The second kappa shape index (κ2) is 7.33. The summed E-state index contributed by atoms with van der Waals surface area (Å²) in [4.78, 5) is 10.5. The van der Waals surface area contributed by atoms with Crippen molar-refractivity contribution >= 4 is 37.1 Å². The minimum Gasteiger partial charge on any atom is -0.334 e. The van der Waals surface area contributed by atoms with E-state index in [-0.39, 0.29) is 0 Å². The Morgan fingerprint density at radius 3 is 2.08 bits per heavy atom. The van der Waals surface area contributed by atoms with Crippen molar-refractivity contribution in [3.8, 4) is 0 Å². The molecule has 0 spiro atoms. The van der Waals surface area contributed by atoms with Crippen molar-refractivity contribution in [2.75, 3.05) is 11.2 Å². The predicted molar refractivity (Wildman–Crippen MR) is 102 cm³/mol. The van der Waals surface area contributed by atoms with Crippen LogP contribution in [0.3, 0.4) is 0 Å². The summed E-state index contributed by atoms with van der Waals surface area (Å²) in [6, 6.07) is 14.9. The average molecular weight is 418 g/mol. The lowest BCUT2D eigenvalue weighted by Gasteiger charge is -2.24. The number of aromatic nitrogens is 2. The highest BCUT2D eigenvalue weighted by molar-refractivity contribution is 9.10. The molecule has 0 saturated carbocycles. The van der Waals surface area contributed by atoms with Gasteiger partial charge in [-0.25, -0.2) is 18.4 Å². The Morgan fingerprint density at radius 2 is 1.52 bits per heavy atom. The van der Waals surface area contributed by atoms with Gasteiger partial charge in [0.2, 0.25) is 0 Å². The molecule has 0 radical (unpaired) electrons. The SMILES string of the molecule is CS(=O)(=O)c1ccc(N(Cc2ccc(Br)cc2)c2cncnc2)cc1. The lowest BCUT2D eigenvalue weighted by atomic mass is 10.2. The molecular formula is C18H16BrN3O2S. The Kier molecular flexibility index (Phi) is 5.15. The fraction of sp³-hybridized carbons (Fsp3) is 0.111. The van der Waals surface area contributed by atoms with E-state index in [1.807, 2.05) is 29.2 Å². The zero-order chi connectivity index (χ0) is 17.9. The van der Waals surface area contributed by atoms with Crippen LogP contribution in [0.4, 0.5) is 11.4 Å². The van der Waals surface area contributed by atoms with Gasteiger partial charge < -0.3 is 4.90 Å². The maximum atomic E-state index is 11.7. The number of hydrogen-bond donors (Lipinski definition) is 0. The molecule has 3 aromatic rings. The van der Waals surface area contributed by atoms with Crippen LogP contribution in [0.1, 0.15) is 5.56 Å². The Labute approximate surface area is 155 Å². The van der Waals surface area contributed by atoms with Crippen LogP contribution < -0.4 is 4.90 Å². The minimum atomic E-state index is -3.22. The second-order valence-electron chi connectivity index (χ2n) is 5.58. The third kappa shape index (κ3) is 4.43. The number of rotatable bonds is 5. The van der Waals surface area contributed by atoms with Gasteiger partial charge in [0.15, 0.2) is 9.84 Å². The monoisotopic (exact) mass is 417 g/mol. The number of halogens is 1. The van der Waals surface area contributed by atoms with Gasteiger partial charge in [0.25, 0.3) is 0 Å². The summed E-state index contributed by atoms with van der Waals surface area (Å²) in [5.41, 5.74) is 2.81. The van der Waals surface area contributed by atoms with Gasteiger partial charge in [-0.1, -0.05) is 28.1 Å². The summed E-state index contributed by atoms with van der Waals surface area (Å²) in [5.74, 6) is 0. The maximum Gasteiger partial charge on any atom is 0.175 e. The van der Waals surface area contributed by atoms with Crippen LogP contribution in [0.15, 0.2) is 76.6 Å². The van der Waals surface area contributed by atoms with Gasteiger partial charge in [-0.05, 0) is 42.0 Å². The highest BCUT2D eigenvalue weighted by Crippen LogP contribution is 2.28. The zero-order valence-electron chi connectivity index (χ0n) is 13.5. The molecule has 7 heteroatoms. The molecule has 0 saturated heterocycles. The van der Waals surface area contributed by atoms with Crippen molar-refractivity contribution in [2.45, 2.75) is 11.4 Å². The molecule has 0 bridgehead atoms. The van der Waals surface area contributed by atoms with Crippen LogP contribution in [-0.4, -0.2) is 24.6 Å². The largest absolute Gasteiger partial charge is 0.334 e. The summed E-state index contributed by atoms with van der Waals surface area (Å²) < 4.78 is 24.4. The molecule has 1 aromatic heterocycles. The molecule has 2 aromatic carbocycles. The van der Waals surface area contributed by atoms with Crippen LogP contribution in [0.5, 0.6) is 0 Å². The van der Waals surface area contributed by atoms with Gasteiger partial charge in [0.1, 0.15) is 6.33 Å². The molecule has 5 nitrogen and oxygen atoms in total. The Morgan fingerprint density at radius 1 is 0.920 bits per heavy atom. The van der Waals surface area contributed by atoms with Crippen LogP contribution in [0, 0.1) is 0 Å². The fourth-order valence-electron chi connectivity index (χ4n) is 2.41. The van der Waals surface area contributed by atoms with E-state index in [4.69, 9.17) is 0 Å². The Balaban J connectivity index is 1.98. The van der Waals surface area contributed by atoms with E-state index in [0.29, 0.717) is 11.4 Å². The van der Waals surface area contributed by atoms with Gasteiger partial charge in [0.05, 0.1) is 23.0 Å². The van der Waals surface area contributed by atoms with E-state index >= 15 is 0 Å². The van der Waals surface area contributed by atoms with Crippen molar-refractivity contribution in [3.63, 3.8) is 0 Å². The lowest BCUT2D eigenvalue weighted by Crippen LogP contribution is -2.17. The van der Waals surface area contributed by atoms with Gasteiger partial charge in [-0.15, -0.1) is 0 Å². The molecule has 25 heavy (non-hydrogen) atoms. The Hall–Kier alpha value is -2.25. The summed E-state index contributed by atoms with van der Waals surface area (Å²) in [7, 11) is -3.22. The van der Waals surface area contributed by atoms with E-state index in [1.165, 1.54) is 12.6 Å². The first-order valence-corrected chi connectivity index (χ1v) is 10.2. The normalized spacial score (nSPS) is 11.3. The van der Waals surface area contributed by atoms with Crippen LogP contribution >= 0.6 is 15.9 Å². The van der Waals surface area contributed by atoms with E-state index in [1.54, 1.807) is 36.7 Å². The van der Waals surface area contributed by atoms with Crippen molar-refractivity contribution in [1.29, 1.82) is 0 Å². The van der Waals surface area contributed by atoms with Crippen LogP contribution in [-0.2, 0) is 16.4 Å². The number of hydrogen-bond acceptors (Lipinski definition) is 5. The van der Waals surface area contributed by atoms with Crippen molar-refractivity contribution in [1.82, 2.24) is 9.97 Å². The second-order valence-corrected chi connectivity index (χ2v) is 8.51. The van der Waals surface area contributed by atoms with E-state index < -0.39 is 9.84 Å². The summed E-state index contributed by atoms with van der Waals surface area (Å²) in [5, 5.41) is 0. The number of nitrogens with zero attached hydrogens (tertiary/aromatic N) is 3. The first kappa shape index (κ1) is 17.6. The Bertz CT molecular complexity index is 944. The third-order valence-electron chi connectivity index (χ3n) is 3.69. The molecular weight excluding hydrogens is 402 g/mol. The lowest BCUT2D eigenvalue weighted by molar-refractivity contribution is 0.602. The third-order valence-corrected chi connectivity index (χ3v) is 5.35. The molecule has 0 amide bonds. The van der Waals surface area contributed by atoms with Crippen molar-refractivity contribution < 1.29 is 8.42 Å². The molecule has 0 fully saturated rings. The van der Waals surface area contributed by atoms with Crippen LogP contribution in [0.25, 0.3) is 0 Å². The average Bonchev–Trinajstić information content (AvgIpc) is 2.61. The van der Waals surface area contributed by atoms with Gasteiger partial charge in [-0.3, -0.25) is 0 Å². The standard InChI is InChI=1S/C18H16BrN3O2S/c1-25(23,24)18-8-6-16(7-9-18)22(17-10-20-13-21-11-17)12-14-2-4-15(19)5-3-14/h2-11,13H,12H2,1H3. The first-order valence-electron chi connectivity index (χ1n) is 7.50. The highest BCUT2D eigenvalue weighted by Gasteiger charge is 2.13. The zero-order valence-corrected chi connectivity index (χ0v) is 15.9. The summed E-state index contributed by atoms with van der Waals surface area (Å²) in [6.45, 7) is 0.610. The number of benzene rings is 2. The molecule has 0 atom stereocenters. The van der Waals surface area contributed by atoms with Gasteiger partial charge in [0, 0.05) is 23.0 Å². The molecule has 3 rings (SSSR count). The minimum absolute atomic E-state index is 0.296. The number of anilines is 2. The molecule has 0 aliphatic carbocycles. The van der Waals surface area contributed by atoms with Crippen molar-refractivity contribution in [3.05, 3.63) is 77.3 Å².